The van der Waals surface area contributed by atoms with Crippen molar-refractivity contribution in [2.24, 2.45) is 0 Å². The number of hydrogen-bond acceptors (Lipinski definition) is 4. The van der Waals surface area contributed by atoms with Gasteiger partial charge in [0.25, 0.3) is 0 Å². The quantitative estimate of drug-likeness (QED) is 0.758. The topological polar surface area (TPSA) is 39.5 Å². The molecule has 0 aliphatic carbocycles. The molecular formula is C14H25N3O. The molecule has 102 valence electrons. The molecule has 2 aliphatic heterocycles. The van der Waals surface area contributed by atoms with Crippen LogP contribution in [0.2, 0.25) is 0 Å². The zero-order valence-corrected chi connectivity index (χ0v) is 11.7. The summed E-state index contributed by atoms with van der Waals surface area (Å²) in [6.07, 6.45) is 4.14. The fourth-order valence-electron chi connectivity index (χ4n) is 2.80. The van der Waals surface area contributed by atoms with Gasteiger partial charge in [0.15, 0.2) is 0 Å². The summed E-state index contributed by atoms with van der Waals surface area (Å²) in [4.78, 5) is 4.79. The van der Waals surface area contributed by atoms with E-state index in [0.29, 0.717) is 6.10 Å². The van der Waals surface area contributed by atoms with Crippen molar-refractivity contribution >= 4 is 0 Å². The predicted molar refractivity (Wildman–Crippen MR) is 71.3 cm³/mol. The van der Waals surface area contributed by atoms with Crippen LogP contribution < -0.4 is 0 Å². The number of nitriles is 1. The summed E-state index contributed by atoms with van der Waals surface area (Å²) in [5.41, 5.74) is -0.319. The van der Waals surface area contributed by atoms with E-state index in [9.17, 15) is 0 Å². The molecule has 0 spiro atoms. The van der Waals surface area contributed by atoms with Gasteiger partial charge in [-0.3, -0.25) is 4.90 Å². The molecule has 18 heavy (non-hydrogen) atoms. The molecule has 2 heterocycles. The van der Waals surface area contributed by atoms with E-state index < -0.39 is 0 Å². The smallest absolute Gasteiger partial charge is 0.103 e. The molecule has 2 aliphatic rings. The van der Waals surface area contributed by atoms with Crippen molar-refractivity contribution in [3.8, 4) is 6.07 Å². The lowest BCUT2D eigenvalue weighted by Crippen LogP contribution is -2.54. The van der Waals surface area contributed by atoms with Crippen LogP contribution in [0, 0.1) is 11.3 Å². The van der Waals surface area contributed by atoms with Gasteiger partial charge in [-0.05, 0) is 33.1 Å². The molecule has 0 radical (unpaired) electrons. The Bertz CT molecular complexity index is 297. The first-order chi connectivity index (χ1) is 8.62. The highest BCUT2D eigenvalue weighted by atomic mass is 16.5. The molecule has 2 saturated heterocycles. The van der Waals surface area contributed by atoms with Gasteiger partial charge in [-0.25, -0.2) is 0 Å². The molecule has 4 nitrogen and oxygen atoms in total. The van der Waals surface area contributed by atoms with Gasteiger partial charge in [0.05, 0.1) is 12.2 Å². The van der Waals surface area contributed by atoms with Gasteiger partial charge in [-0.2, -0.15) is 5.26 Å². The minimum Gasteiger partial charge on any atom is -0.378 e. The first-order valence-corrected chi connectivity index (χ1v) is 7.12. The molecule has 0 saturated carbocycles. The van der Waals surface area contributed by atoms with Crippen LogP contribution in [-0.2, 0) is 4.74 Å². The summed E-state index contributed by atoms with van der Waals surface area (Å²) in [6.45, 7) is 10.3. The highest BCUT2D eigenvalue weighted by molar-refractivity contribution is 5.02. The van der Waals surface area contributed by atoms with E-state index in [-0.39, 0.29) is 5.54 Å². The SMILES string of the molecule is CC(C)(C#N)N1CCN(CCC2CCCO2)CC1. The van der Waals surface area contributed by atoms with Crippen LogP contribution in [0.25, 0.3) is 0 Å². The predicted octanol–water partition coefficient (Wildman–Crippen LogP) is 1.48. The summed E-state index contributed by atoms with van der Waals surface area (Å²) >= 11 is 0. The largest absolute Gasteiger partial charge is 0.378 e. The van der Waals surface area contributed by atoms with Gasteiger partial charge in [0, 0.05) is 39.3 Å². The average molecular weight is 251 g/mol. The van der Waals surface area contributed by atoms with E-state index in [2.05, 4.69) is 15.9 Å². The minimum atomic E-state index is -0.319. The van der Waals surface area contributed by atoms with Crippen LogP contribution in [0.1, 0.15) is 33.1 Å². The molecule has 0 bridgehead atoms. The van der Waals surface area contributed by atoms with Gasteiger partial charge in [-0.1, -0.05) is 0 Å². The first kappa shape index (κ1) is 13.8. The molecule has 2 rings (SSSR count). The minimum absolute atomic E-state index is 0.319. The maximum atomic E-state index is 9.14. The van der Waals surface area contributed by atoms with Crippen molar-refractivity contribution in [1.82, 2.24) is 9.80 Å². The van der Waals surface area contributed by atoms with E-state index in [1.807, 2.05) is 13.8 Å². The Labute approximate surface area is 110 Å². The monoisotopic (exact) mass is 251 g/mol. The Morgan fingerprint density at radius 3 is 2.56 bits per heavy atom. The molecule has 1 unspecified atom stereocenters. The molecule has 2 fully saturated rings. The third-order valence-electron chi connectivity index (χ3n) is 4.23. The standard InChI is InChI=1S/C14H25N3O/c1-14(2,12-15)17-9-7-16(8-10-17)6-5-13-4-3-11-18-13/h13H,3-11H2,1-2H3. The molecule has 4 heteroatoms. The lowest BCUT2D eigenvalue weighted by molar-refractivity contribution is 0.0584. The van der Waals surface area contributed by atoms with Crippen LogP contribution in [0.4, 0.5) is 0 Å². The molecule has 0 N–H and O–H groups in total. The number of ether oxygens (including phenoxy) is 1. The van der Waals surface area contributed by atoms with Crippen LogP contribution in [0.15, 0.2) is 0 Å². The van der Waals surface area contributed by atoms with Gasteiger partial charge >= 0.3 is 0 Å². The Hall–Kier alpha value is -0.630. The van der Waals surface area contributed by atoms with E-state index in [0.717, 1.165) is 39.3 Å². The summed E-state index contributed by atoms with van der Waals surface area (Å²) in [5.74, 6) is 0. The van der Waals surface area contributed by atoms with Crippen molar-refractivity contribution in [2.45, 2.75) is 44.8 Å². The normalized spacial score (nSPS) is 27.3. The molecular weight excluding hydrogens is 226 g/mol. The zero-order valence-electron chi connectivity index (χ0n) is 11.7. The van der Waals surface area contributed by atoms with E-state index in [1.54, 1.807) is 0 Å². The second-order valence-corrected chi connectivity index (χ2v) is 5.92. The summed E-state index contributed by atoms with van der Waals surface area (Å²) < 4.78 is 5.66. The third-order valence-corrected chi connectivity index (χ3v) is 4.23. The van der Waals surface area contributed by atoms with E-state index >= 15 is 0 Å². The van der Waals surface area contributed by atoms with Crippen LogP contribution >= 0.6 is 0 Å². The van der Waals surface area contributed by atoms with Crippen LogP contribution in [-0.4, -0.2) is 60.8 Å². The highest BCUT2D eigenvalue weighted by Gasteiger charge is 2.29. The van der Waals surface area contributed by atoms with Gasteiger partial charge in [0.2, 0.25) is 0 Å². The summed E-state index contributed by atoms with van der Waals surface area (Å²) in [7, 11) is 0. The second kappa shape index (κ2) is 6.01. The van der Waals surface area contributed by atoms with E-state index in [1.165, 1.54) is 19.3 Å². The number of hydrogen-bond donors (Lipinski definition) is 0. The highest BCUT2D eigenvalue weighted by Crippen LogP contribution is 2.18. The van der Waals surface area contributed by atoms with Crippen molar-refractivity contribution < 1.29 is 4.74 Å². The number of nitrogens with zero attached hydrogens (tertiary/aromatic N) is 3. The Balaban J connectivity index is 1.68. The molecule has 0 amide bonds. The summed E-state index contributed by atoms with van der Waals surface area (Å²) in [6, 6.07) is 2.39. The average Bonchev–Trinajstić information content (AvgIpc) is 2.90. The Kier molecular flexibility index (Phi) is 4.60. The molecule has 0 aromatic rings. The second-order valence-electron chi connectivity index (χ2n) is 5.92. The van der Waals surface area contributed by atoms with Crippen LogP contribution in [0.3, 0.4) is 0 Å². The van der Waals surface area contributed by atoms with Crippen molar-refractivity contribution in [1.29, 1.82) is 5.26 Å². The van der Waals surface area contributed by atoms with Crippen molar-refractivity contribution in [3.05, 3.63) is 0 Å². The fourth-order valence-corrected chi connectivity index (χ4v) is 2.80. The van der Waals surface area contributed by atoms with Crippen molar-refractivity contribution in [2.75, 3.05) is 39.3 Å². The molecule has 1 atom stereocenters. The Morgan fingerprint density at radius 1 is 1.28 bits per heavy atom. The molecule has 0 aromatic heterocycles. The van der Waals surface area contributed by atoms with Gasteiger partial charge in [0.1, 0.15) is 5.54 Å². The Morgan fingerprint density at radius 2 is 2.00 bits per heavy atom. The summed E-state index contributed by atoms with van der Waals surface area (Å²) in [5, 5.41) is 9.14. The van der Waals surface area contributed by atoms with E-state index in [4.69, 9.17) is 10.00 Å². The van der Waals surface area contributed by atoms with Crippen LogP contribution in [0.5, 0.6) is 0 Å². The first-order valence-electron chi connectivity index (χ1n) is 7.12. The molecule has 0 aromatic carbocycles. The third kappa shape index (κ3) is 3.44. The van der Waals surface area contributed by atoms with Crippen molar-refractivity contribution in [3.63, 3.8) is 0 Å². The lowest BCUT2D eigenvalue weighted by atomic mass is 10.0. The number of rotatable bonds is 4. The maximum absolute atomic E-state index is 9.14. The maximum Gasteiger partial charge on any atom is 0.103 e. The fraction of sp³-hybridized carbons (Fsp3) is 0.929. The zero-order chi connectivity index (χ0) is 13.0. The lowest BCUT2D eigenvalue weighted by Gasteiger charge is -2.40. The van der Waals surface area contributed by atoms with Gasteiger partial charge in [-0.15, -0.1) is 0 Å². The number of piperazine rings is 1. The van der Waals surface area contributed by atoms with Gasteiger partial charge < -0.3 is 9.64 Å².